The van der Waals surface area contributed by atoms with Gasteiger partial charge in [0.25, 0.3) is 0 Å². The molecule has 1 heteroatoms. The van der Waals surface area contributed by atoms with Gasteiger partial charge in [-0.25, -0.2) is 0 Å². The first-order chi connectivity index (χ1) is 31.0. The molecule has 0 bridgehead atoms. The molecule has 3 aliphatic rings. The van der Waals surface area contributed by atoms with E-state index in [1.54, 1.807) is 0 Å². The Kier molecular flexibility index (Phi) is 7.64. The molecule has 1 atom stereocenters. The standard InChI is InChI=1S/C62H43N/c1-61(2)52-26-12-8-21-46(52)47-37-36-44(39-57(47)61)63(43-34-31-41(32-35-43)40-17-4-3-5-18-40)58-30-15-11-22-48(58)49-25-16-29-55-60(49)51-24-10-14-28-54(51)62(55)53-27-13-9-23-50(53)59-45-20-7-6-19-42(45)33-38-56(59)62/h3-39H,1-2H3. The summed E-state index contributed by atoms with van der Waals surface area (Å²) in [5.41, 5.74) is 23.7. The van der Waals surface area contributed by atoms with Crippen molar-refractivity contribution < 1.29 is 0 Å². The van der Waals surface area contributed by atoms with Crippen LogP contribution in [0.3, 0.4) is 0 Å². The summed E-state index contributed by atoms with van der Waals surface area (Å²) in [6.07, 6.45) is 0. The molecular weight excluding hydrogens is 759 g/mol. The highest BCUT2D eigenvalue weighted by atomic mass is 15.1. The van der Waals surface area contributed by atoms with Crippen LogP contribution in [0.25, 0.3) is 66.4 Å². The van der Waals surface area contributed by atoms with Crippen molar-refractivity contribution in [2.75, 3.05) is 4.90 Å². The number of hydrogen-bond donors (Lipinski definition) is 0. The lowest BCUT2D eigenvalue weighted by molar-refractivity contribution is 0.660. The van der Waals surface area contributed by atoms with Crippen molar-refractivity contribution in [3.63, 3.8) is 0 Å². The highest BCUT2D eigenvalue weighted by Crippen LogP contribution is 2.65. The van der Waals surface area contributed by atoms with Crippen LogP contribution < -0.4 is 4.90 Å². The molecule has 0 aromatic heterocycles. The van der Waals surface area contributed by atoms with Crippen LogP contribution in [-0.4, -0.2) is 0 Å². The van der Waals surface area contributed by atoms with Gasteiger partial charge in [0.1, 0.15) is 0 Å². The number of anilines is 3. The minimum absolute atomic E-state index is 0.137. The number of hydrogen-bond acceptors (Lipinski definition) is 1. The number of para-hydroxylation sites is 1. The third-order valence-corrected chi connectivity index (χ3v) is 14.5. The van der Waals surface area contributed by atoms with Gasteiger partial charge in [0.05, 0.1) is 11.1 Å². The van der Waals surface area contributed by atoms with Crippen molar-refractivity contribution in [3.05, 3.63) is 258 Å². The zero-order valence-electron chi connectivity index (χ0n) is 35.3. The van der Waals surface area contributed by atoms with Crippen molar-refractivity contribution in [2.24, 2.45) is 0 Å². The van der Waals surface area contributed by atoms with E-state index < -0.39 is 5.41 Å². The lowest BCUT2D eigenvalue weighted by Gasteiger charge is -2.31. The second-order valence-electron chi connectivity index (χ2n) is 17.9. The van der Waals surface area contributed by atoms with Crippen molar-refractivity contribution >= 4 is 27.8 Å². The Labute approximate surface area is 369 Å². The van der Waals surface area contributed by atoms with Gasteiger partial charge in [0.2, 0.25) is 0 Å². The summed E-state index contributed by atoms with van der Waals surface area (Å²) in [7, 11) is 0. The van der Waals surface area contributed by atoms with Crippen LogP contribution in [0.15, 0.2) is 224 Å². The first kappa shape index (κ1) is 36.0. The maximum atomic E-state index is 2.49. The van der Waals surface area contributed by atoms with Gasteiger partial charge in [-0.05, 0) is 125 Å². The summed E-state index contributed by atoms with van der Waals surface area (Å²) >= 11 is 0. The molecule has 1 spiro atoms. The number of benzene rings is 10. The predicted octanol–water partition coefficient (Wildman–Crippen LogP) is 16.3. The Morgan fingerprint density at radius 1 is 0.317 bits per heavy atom. The maximum Gasteiger partial charge on any atom is 0.0725 e. The molecule has 3 aliphatic carbocycles. The summed E-state index contributed by atoms with van der Waals surface area (Å²) in [6.45, 7) is 4.74. The quantitative estimate of drug-likeness (QED) is 0.168. The average Bonchev–Trinajstić information content (AvgIpc) is 3.91. The fraction of sp³-hybridized carbons (Fsp3) is 0.0645. The molecule has 0 aliphatic heterocycles. The summed E-state index contributed by atoms with van der Waals surface area (Å²) in [4.78, 5) is 2.49. The van der Waals surface area contributed by atoms with E-state index in [4.69, 9.17) is 0 Å². The molecule has 0 amide bonds. The third kappa shape index (κ3) is 4.94. The van der Waals surface area contributed by atoms with Crippen LogP contribution in [0.5, 0.6) is 0 Å². The molecule has 0 fully saturated rings. The minimum Gasteiger partial charge on any atom is -0.310 e. The van der Waals surface area contributed by atoms with Gasteiger partial charge in [-0.15, -0.1) is 0 Å². The topological polar surface area (TPSA) is 3.24 Å². The Hall–Kier alpha value is -7.74. The smallest absolute Gasteiger partial charge is 0.0725 e. The van der Waals surface area contributed by atoms with Crippen LogP contribution in [0.1, 0.15) is 47.2 Å². The molecule has 10 aromatic rings. The summed E-state index contributed by atoms with van der Waals surface area (Å²) in [5.74, 6) is 0. The molecule has 1 nitrogen and oxygen atoms in total. The Morgan fingerprint density at radius 2 is 0.857 bits per heavy atom. The van der Waals surface area contributed by atoms with Crippen molar-refractivity contribution in [1.82, 2.24) is 0 Å². The van der Waals surface area contributed by atoms with Gasteiger partial charge >= 0.3 is 0 Å². The van der Waals surface area contributed by atoms with E-state index in [0.29, 0.717) is 0 Å². The normalized spacial score (nSPS) is 15.7. The predicted molar refractivity (Wildman–Crippen MR) is 263 cm³/mol. The molecule has 0 saturated carbocycles. The van der Waals surface area contributed by atoms with Gasteiger partial charge in [-0.2, -0.15) is 0 Å². The molecule has 296 valence electrons. The van der Waals surface area contributed by atoms with Gasteiger partial charge in [-0.3, -0.25) is 0 Å². The zero-order valence-corrected chi connectivity index (χ0v) is 35.3. The minimum atomic E-state index is -0.458. The molecule has 1 unspecified atom stereocenters. The lowest BCUT2D eigenvalue weighted by Crippen LogP contribution is -2.25. The van der Waals surface area contributed by atoms with E-state index in [0.717, 1.165) is 17.1 Å². The Balaban J connectivity index is 1.05. The van der Waals surface area contributed by atoms with E-state index in [2.05, 4.69) is 243 Å². The Bertz CT molecular complexity index is 3480. The second-order valence-corrected chi connectivity index (χ2v) is 17.9. The largest absolute Gasteiger partial charge is 0.310 e. The summed E-state index contributed by atoms with van der Waals surface area (Å²) in [5, 5.41) is 2.58. The molecule has 0 saturated heterocycles. The fourth-order valence-electron chi connectivity index (χ4n) is 11.8. The fourth-order valence-corrected chi connectivity index (χ4v) is 11.8. The van der Waals surface area contributed by atoms with E-state index in [9.17, 15) is 0 Å². The van der Waals surface area contributed by atoms with Gasteiger partial charge in [0, 0.05) is 22.4 Å². The molecule has 63 heavy (non-hydrogen) atoms. The zero-order chi connectivity index (χ0) is 41.9. The van der Waals surface area contributed by atoms with Gasteiger partial charge in [0.15, 0.2) is 0 Å². The van der Waals surface area contributed by atoms with Crippen molar-refractivity contribution in [1.29, 1.82) is 0 Å². The van der Waals surface area contributed by atoms with E-state index >= 15 is 0 Å². The number of nitrogens with zero attached hydrogens (tertiary/aromatic N) is 1. The lowest BCUT2D eigenvalue weighted by atomic mass is 9.70. The van der Waals surface area contributed by atoms with Gasteiger partial charge in [-0.1, -0.05) is 208 Å². The van der Waals surface area contributed by atoms with E-state index in [1.807, 2.05) is 0 Å². The molecular formula is C62H43N. The van der Waals surface area contributed by atoms with Crippen LogP contribution in [0, 0.1) is 0 Å². The first-order valence-electron chi connectivity index (χ1n) is 22.2. The Morgan fingerprint density at radius 3 is 1.63 bits per heavy atom. The van der Waals surface area contributed by atoms with Gasteiger partial charge < -0.3 is 4.90 Å². The molecule has 13 rings (SSSR count). The van der Waals surface area contributed by atoms with E-state index in [-0.39, 0.29) is 5.41 Å². The van der Waals surface area contributed by atoms with Crippen LogP contribution >= 0.6 is 0 Å². The summed E-state index contributed by atoms with van der Waals surface area (Å²) < 4.78 is 0. The first-order valence-corrected chi connectivity index (χ1v) is 22.2. The maximum absolute atomic E-state index is 2.49. The van der Waals surface area contributed by atoms with Crippen molar-refractivity contribution in [3.8, 4) is 55.6 Å². The van der Waals surface area contributed by atoms with Crippen LogP contribution in [0.4, 0.5) is 17.1 Å². The monoisotopic (exact) mass is 801 g/mol. The number of rotatable bonds is 5. The average molecular weight is 802 g/mol. The highest BCUT2D eigenvalue weighted by Gasteiger charge is 2.52. The van der Waals surface area contributed by atoms with Crippen LogP contribution in [0.2, 0.25) is 0 Å². The third-order valence-electron chi connectivity index (χ3n) is 14.5. The molecule has 0 N–H and O–H groups in total. The van der Waals surface area contributed by atoms with Crippen LogP contribution in [-0.2, 0) is 10.8 Å². The number of fused-ring (bicyclic) bond motifs is 15. The summed E-state index contributed by atoms with van der Waals surface area (Å²) in [6, 6.07) is 84.0. The SMILES string of the molecule is CC1(C)c2ccccc2-c2ccc(N(c3ccc(-c4ccccc4)cc3)c3ccccc3-c3cccc4c3-c3ccccc3C43c4ccccc4-c4c3ccc3ccccc43)cc21. The van der Waals surface area contributed by atoms with Crippen molar-refractivity contribution in [2.45, 2.75) is 24.7 Å². The highest BCUT2D eigenvalue weighted by molar-refractivity contribution is 6.08. The molecule has 10 aromatic carbocycles. The molecule has 0 heterocycles. The van der Waals surface area contributed by atoms with E-state index in [1.165, 1.54) is 99.8 Å². The molecule has 0 radical (unpaired) electrons. The second kappa shape index (κ2) is 13.4.